The van der Waals surface area contributed by atoms with Gasteiger partial charge in [0.25, 0.3) is 5.91 Å². The van der Waals surface area contributed by atoms with E-state index in [2.05, 4.69) is 0 Å². The first-order valence-corrected chi connectivity index (χ1v) is 13.3. The summed E-state index contributed by atoms with van der Waals surface area (Å²) in [5.74, 6) is -1.02. The molecule has 2 amide bonds. The predicted molar refractivity (Wildman–Crippen MR) is 140 cm³/mol. The van der Waals surface area contributed by atoms with E-state index >= 15 is 0 Å². The smallest absolute Gasteiger partial charge is 0.252 e. The Morgan fingerprint density at radius 3 is 2.22 bits per heavy atom. The lowest BCUT2D eigenvalue weighted by molar-refractivity contribution is -0.122. The van der Waals surface area contributed by atoms with E-state index in [0.29, 0.717) is 17.1 Å². The SMILES string of the molecule is O=C1CC(N(CCc2ccccc2)S(=O)(=O)c2ccc3ccccc3c2)C(=O)N1c1ccc(Cl)cc1. The van der Waals surface area contributed by atoms with Crippen molar-refractivity contribution in [1.82, 2.24) is 4.31 Å². The van der Waals surface area contributed by atoms with Crippen molar-refractivity contribution in [2.75, 3.05) is 11.4 Å². The molecular formula is C28H23ClN2O4S. The van der Waals surface area contributed by atoms with E-state index in [9.17, 15) is 18.0 Å². The van der Waals surface area contributed by atoms with Gasteiger partial charge < -0.3 is 0 Å². The standard InChI is InChI=1S/C28H23ClN2O4S/c29-23-11-13-24(14-12-23)31-27(32)19-26(28(31)33)30(17-16-20-6-2-1-3-7-20)36(34,35)25-15-10-21-8-4-5-9-22(21)18-25/h1-15,18,26H,16-17,19H2. The van der Waals surface area contributed by atoms with Gasteiger partial charge in [-0.05, 0) is 59.2 Å². The number of rotatable bonds is 7. The zero-order valence-corrected chi connectivity index (χ0v) is 20.8. The van der Waals surface area contributed by atoms with Gasteiger partial charge in [0.2, 0.25) is 15.9 Å². The maximum atomic E-state index is 14.0. The molecule has 1 aliphatic heterocycles. The molecule has 0 saturated carbocycles. The Morgan fingerprint density at radius 1 is 0.833 bits per heavy atom. The molecule has 4 aromatic carbocycles. The lowest BCUT2D eigenvalue weighted by atomic mass is 10.1. The predicted octanol–water partition coefficient (Wildman–Crippen LogP) is 5.06. The molecule has 1 heterocycles. The summed E-state index contributed by atoms with van der Waals surface area (Å²) in [6, 6.07) is 27.0. The van der Waals surface area contributed by atoms with Crippen molar-refractivity contribution in [3.8, 4) is 0 Å². The number of anilines is 1. The Labute approximate surface area is 214 Å². The summed E-state index contributed by atoms with van der Waals surface area (Å²) in [4.78, 5) is 27.6. The molecule has 4 aromatic rings. The lowest BCUT2D eigenvalue weighted by Gasteiger charge is -2.27. The van der Waals surface area contributed by atoms with E-state index < -0.39 is 27.9 Å². The molecule has 0 aromatic heterocycles. The molecule has 1 unspecified atom stereocenters. The molecule has 8 heteroatoms. The van der Waals surface area contributed by atoms with Gasteiger partial charge in [0.1, 0.15) is 6.04 Å². The Bertz CT molecular complexity index is 1540. The molecule has 1 atom stereocenters. The quantitative estimate of drug-likeness (QED) is 0.320. The number of halogens is 1. The van der Waals surface area contributed by atoms with Crippen LogP contribution in [0.15, 0.2) is 102 Å². The topological polar surface area (TPSA) is 74.8 Å². The molecule has 6 nitrogen and oxygen atoms in total. The van der Waals surface area contributed by atoms with Gasteiger partial charge in [-0.25, -0.2) is 13.3 Å². The van der Waals surface area contributed by atoms with E-state index in [0.717, 1.165) is 21.2 Å². The number of carbonyl (C=O) groups is 2. The zero-order valence-electron chi connectivity index (χ0n) is 19.2. The highest BCUT2D eigenvalue weighted by Gasteiger charge is 2.46. The number of amides is 2. The minimum absolute atomic E-state index is 0.0529. The van der Waals surface area contributed by atoms with Gasteiger partial charge in [-0.1, -0.05) is 72.3 Å². The third kappa shape index (κ3) is 4.65. The number of sulfonamides is 1. The van der Waals surface area contributed by atoms with Crippen LogP contribution < -0.4 is 4.90 Å². The van der Waals surface area contributed by atoms with Crippen LogP contribution in [0.1, 0.15) is 12.0 Å². The van der Waals surface area contributed by atoms with Crippen molar-refractivity contribution in [2.24, 2.45) is 0 Å². The lowest BCUT2D eigenvalue weighted by Crippen LogP contribution is -2.46. The first-order chi connectivity index (χ1) is 17.3. The van der Waals surface area contributed by atoms with Gasteiger partial charge in [-0.15, -0.1) is 0 Å². The summed E-state index contributed by atoms with van der Waals surface area (Å²) in [7, 11) is -4.10. The Balaban J connectivity index is 1.53. The van der Waals surface area contributed by atoms with E-state index in [1.54, 1.807) is 42.5 Å². The van der Waals surface area contributed by atoms with E-state index in [1.807, 2.05) is 54.6 Å². The first kappa shape index (κ1) is 24.2. The van der Waals surface area contributed by atoms with Crippen LogP contribution in [0.2, 0.25) is 5.02 Å². The summed E-state index contributed by atoms with van der Waals surface area (Å²) in [5, 5.41) is 2.16. The number of carbonyl (C=O) groups excluding carboxylic acids is 2. The van der Waals surface area contributed by atoms with Gasteiger partial charge in [0.15, 0.2) is 0 Å². The van der Waals surface area contributed by atoms with Crippen molar-refractivity contribution in [3.63, 3.8) is 0 Å². The summed E-state index contributed by atoms with van der Waals surface area (Å²) in [6.07, 6.45) is 0.162. The van der Waals surface area contributed by atoms with Crippen LogP contribution in [0.4, 0.5) is 5.69 Å². The molecule has 0 aliphatic carbocycles. The number of hydrogen-bond donors (Lipinski definition) is 0. The summed E-state index contributed by atoms with van der Waals surface area (Å²) < 4.78 is 29.1. The van der Waals surface area contributed by atoms with Crippen molar-refractivity contribution < 1.29 is 18.0 Å². The molecular weight excluding hydrogens is 496 g/mol. The Morgan fingerprint density at radius 2 is 1.50 bits per heavy atom. The number of imide groups is 1. The van der Waals surface area contributed by atoms with Gasteiger partial charge >= 0.3 is 0 Å². The summed E-state index contributed by atoms with van der Waals surface area (Å²) in [5.41, 5.74) is 1.30. The van der Waals surface area contributed by atoms with Crippen molar-refractivity contribution in [1.29, 1.82) is 0 Å². The fourth-order valence-electron chi connectivity index (χ4n) is 4.49. The van der Waals surface area contributed by atoms with E-state index in [1.165, 1.54) is 4.31 Å². The number of hydrogen-bond acceptors (Lipinski definition) is 4. The van der Waals surface area contributed by atoms with Crippen LogP contribution in [-0.4, -0.2) is 37.1 Å². The second-order valence-corrected chi connectivity index (χ2v) is 11.0. The highest BCUT2D eigenvalue weighted by Crippen LogP contribution is 2.31. The summed E-state index contributed by atoms with van der Waals surface area (Å²) >= 11 is 5.96. The zero-order chi connectivity index (χ0) is 25.3. The molecule has 0 spiro atoms. The fourth-order valence-corrected chi connectivity index (χ4v) is 6.24. The molecule has 1 aliphatic rings. The summed E-state index contributed by atoms with van der Waals surface area (Å²) in [6.45, 7) is 0.0529. The van der Waals surface area contributed by atoms with Gasteiger partial charge in [0.05, 0.1) is 17.0 Å². The molecule has 182 valence electrons. The molecule has 5 rings (SSSR count). The second kappa shape index (κ2) is 9.85. The third-order valence-corrected chi connectivity index (χ3v) is 8.50. The van der Waals surface area contributed by atoms with Gasteiger partial charge in [-0.3, -0.25) is 9.59 Å². The Hall–Kier alpha value is -3.52. The average Bonchev–Trinajstić information content (AvgIpc) is 3.18. The van der Waals surface area contributed by atoms with Crippen molar-refractivity contribution in [3.05, 3.63) is 108 Å². The Kier molecular flexibility index (Phi) is 6.62. The van der Waals surface area contributed by atoms with Crippen LogP contribution in [0, 0.1) is 0 Å². The minimum atomic E-state index is -4.10. The minimum Gasteiger partial charge on any atom is -0.274 e. The number of benzene rings is 4. The van der Waals surface area contributed by atoms with Crippen LogP contribution in [-0.2, 0) is 26.0 Å². The van der Waals surface area contributed by atoms with E-state index in [4.69, 9.17) is 11.6 Å². The van der Waals surface area contributed by atoms with Crippen molar-refractivity contribution >= 4 is 49.9 Å². The molecule has 0 radical (unpaired) electrons. The second-order valence-electron chi connectivity index (χ2n) is 8.62. The molecule has 1 fully saturated rings. The monoisotopic (exact) mass is 518 g/mol. The number of fused-ring (bicyclic) bond motifs is 1. The van der Waals surface area contributed by atoms with Gasteiger partial charge in [0, 0.05) is 11.6 Å². The van der Waals surface area contributed by atoms with Crippen molar-refractivity contribution in [2.45, 2.75) is 23.8 Å². The highest BCUT2D eigenvalue weighted by atomic mass is 35.5. The third-order valence-electron chi connectivity index (χ3n) is 6.35. The normalized spacial score (nSPS) is 16.3. The first-order valence-electron chi connectivity index (χ1n) is 11.5. The average molecular weight is 519 g/mol. The largest absolute Gasteiger partial charge is 0.274 e. The molecule has 0 bridgehead atoms. The van der Waals surface area contributed by atoms with Crippen LogP contribution >= 0.6 is 11.6 Å². The van der Waals surface area contributed by atoms with E-state index in [-0.39, 0.29) is 17.9 Å². The molecule has 1 saturated heterocycles. The van der Waals surface area contributed by atoms with Gasteiger partial charge in [-0.2, -0.15) is 4.31 Å². The maximum absolute atomic E-state index is 14.0. The molecule has 36 heavy (non-hydrogen) atoms. The van der Waals surface area contributed by atoms with Crippen LogP contribution in [0.25, 0.3) is 10.8 Å². The fraction of sp³-hybridized carbons (Fsp3) is 0.143. The molecule has 0 N–H and O–H groups in total. The van der Waals surface area contributed by atoms with Crippen LogP contribution in [0.5, 0.6) is 0 Å². The number of nitrogens with zero attached hydrogens (tertiary/aromatic N) is 2. The van der Waals surface area contributed by atoms with Crippen LogP contribution in [0.3, 0.4) is 0 Å². The maximum Gasteiger partial charge on any atom is 0.252 e. The highest BCUT2D eigenvalue weighted by molar-refractivity contribution is 7.89.